The van der Waals surface area contributed by atoms with E-state index in [1.54, 1.807) is 0 Å². The summed E-state index contributed by atoms with van der Waals surface area (Å²) >= 11 is 0. The van der Waals surface area contributed by atoms with Gasteiger partial charge in [0.2, 0.25) is 0 Å². The van der Waals surface area contributed by atoms with Gasteiger partial charge in [0.25, 0.3) is 0 Å². The van der Waals surface area contributed by atoms with Crippen molar-refractivity contribution >= 4 is 0 Å². The van der Waals surface area contributed by atoms with Gasteiger partial charge in [0.1, 0.15) is 0 Å². The molecule has 0 spiro atoms. The molecule has 1 saturated carbocycles. The van der Waals surface area contributed by atoms with Crippen molar-refractivity contribution in [1.29, 1.82) is 0 Å². The van der Waals surface area contributed by atoms with Gasteiger partial charge >= 0.3 is 0 Å². The molecule has 3 nitrogen and oxygen atoms in total. The smallest absolute Gasteiger partial charge is 0.0769 e. The van der Waals surface area contributed by atoms with E-state index in [1.807, 2.05) is 0 Å². The number of hydrogen-bond donors (Lipinski definition) is 1. The van der Waals surface area contributed by atoms with Gasteiger partial charge < -0.3 is 9.84 Å². The maximum atomic E-state index is 10.5. The second-order valence-electron chi connectivity index (χ2n) is 5.66. The van der Waals surface area contributed by atoms with E-state index in [2.05, 4.69) is 18.7 Å². The highest BCUT2D eigenvalue weighted by Crippen LogP contribution is 2.30. The minimum absolute atomic E-state index is 0.426. The summed E-state index contributed by atoms with van der Waals surface area (Å²) in [4.78, 5) is 2.49. The molecule has 1 aliphatic carbocycles. The highest BCUT2D eigenvalue weighted by Gasteiger charge is 2.37. The van der Waals surface area contributed by atoms with E-state index in [9.17, 15) is 5.11 Å². The fourth-order valence-electron chi connectivity index (χ4n) is 3.22. The molecule has 1 heterocycles. The second kappa shape index (κ2) is 5.68. The van der Waals surface area contributed by atoms with Gasteiger partial charge in [-0.15, -0.1) is 0 Å². The molecule has 0 radical (unpaired) electrons. The molecule has 2 atom stereocenters. The Balaban J connectivity index is 1.98. The lowest BCUT2D eigenvalue weighted by Gasteiger charge is -2.46. The molecule has 1 aliphatic heterocycles. The first-order chi connectivity index (χ1) is 8.18. The zero-order chi connectivity index (χ0) is 12.3. The Morgan fingerprint density at radius 3 is 2.65 bits per heavy atom. The first-order valence-corrected chi connectivity index (χ1v) is 7.26. The van der Waals surface area contributed by atoms with Crippen LogP contribution in [0.15, 0.2) is 0 Å². The maximum Gasteiger partial charge on any atom is 0.0769 e. The van der Waals surface area contributed by atoms with Gasteiger partial charge in [-0.05, 0) is 25.7 Å². The molecule has 0 aromatic heterocycles. The summed E-state index contributed by atoms with van der Waals surface area (Å²) in [5.41, 5.74) is -0.501. The Morgan fingerprint density at radius 1 is 1.24 bits per heavy atom. The van der Waals surface area contributed by atoms with Gasteiger partial charge in [-0.25, -0.2) is 0 Å². The van der Waals surface area contributed by atoms with Crippen molar-refractivity contribution in [2.45, 2.75) is 70.1 Å². The predicted octanol–water partition coefficient (Wildman–Crippen LogP) is 2.18. The highest BCUT2D eigenvalue weighted by molar-refractivity contribution is 4.91. The number of morpholine rings is 1. The minimum Gasteiger partial charge on any atom is -0.389 e. The topological polar surface area (TPSA) is 32.7 Å². The van der Waals surface area contributed by atoms with E-state index < -0.39 is 5.60 Å². The minimum atomic E-state index is -0.501. The number of ether oxygens (including phenoxy) is 1. The van der Waals surface area contributed by atoms with Crippen LogP contribution < -0.4 is 0 Å². The van der Waals surface area contributed by atoms with Crippen molar-refractivity contribution < 1.29 is 9.84 Å². The Hall–Kier alpha value is -0.120. The average molecular weight is 241 g/mol. The molecule has 0 aromatic carbocycles. The van der Waals surface area contributed by atoms with Crippen molar-refractivity contribution in [3.05, 3.63) is 0 Å². The highest BCUT2D eigenvalue weighted by atomic mass is 16.5. The lowest BCUT2D eigenvalue weighted by molar-refractivity contribution is -0.113. The van der Waals surface area contributed by atoms with Crippen molar-refractivity contribution in [3.63, 3.8) is 0 Å². The number of rotatable bonds is 4. The first kappa shape index (κ1) is 13.3. The largest absolute Gasteiger partial charge is 0.389 e. The number of fused-ring (bicyclic) bond motifs is 1. The van der Waals surface area contributed by atoms with E-state index in [1.165, 1.54) is 25.7 Å². The Labute approximate surface area is 105 Å². The van der Waals surface area contributed by atoms with Crippen LogP contribution in [-0.4, -0.2) is 47.4 Å². The quantitative estimate of drug-likeness (QED) is 0.819. The van der Waals surface area contributed by atoms with Crippen LogP contribution in [0.3, 0.4) is 0 Å². The molecule has 100 valence electrons. The molecular weight excluding hydrogens is 214 g/mol. The van der Waals surface area contributed by atoms with E-state index in [0.717, 1.165) is 32.5 Å². The van der Waals surface area contributed by atoms with Gasteiger partial charge in [0.15, 0.2) is 0 Å². The molecule has 2 unspecified atom stereocenters. The lowest BCUT2D eigenvalue weighted by Crippen LogP contribution is -2.56. The summed E-state index contributed by atoms with van der Waals surface area (Å²) in [6.45, 7) is 6.82. The number of nitrogens with zero attached hydrogens (tertiary/aromatic N) is 1. The average Bonchev–Trinajstić information content (AvgIpc) is 2.39. The van der Waals surface area contributed by atoms with E-state index in [4.69, 9.17) is 4.74 Å². The van der Waals surface area contributed by atoms with Crippen molar-refractivity contribution in [1.82, 2.24) is 4.90 Å². The first-order valence-electron chi connectivity index (χ1n) is 7.26. The zero-order valence-electron chi connectivity index (χ0n) is 11.3. The van der Waals surface area contributed by atoms with Crippen LogP contribution in [0.5, 0.6) is 0 Å². The third kappa shape index (κ3) is 3.01. The van der Waals surface area contributed by atoms with Gasteiger partial charge in [0, 0.05) is 19.1 Å². The summed E-state index contributed by atoms with van der Waals surface area (Å²) in [5, 5.41) is 10.5. The number of hydrogen-bond acceptors (Lipinski definition) is 3. The summed E-state index contributed by atoms with van der Waals surface area (Å²) in [6, 6.07) is 0.558. The predicted molar refractivity (Wildman–Crippen MR) is 69.1 cm³/mol. The molecule has 0 bridgehead atoms. The summed E-state index contributed by atoms with van der Waals surface area (Å²) in [5.74, 6) is 0. The SMILES string of the molecule is CCC(O)(CC)CN1CCOC2CCCCC21. The van der Waals surface area contributed by atoms with Crippen LogP contribution in [-0.2, 0) is 4.74 Å². The summed E-state index contributed by atoms with van der Waals surface area (Å²) in [7, 11) is 0. The van der Waals surface area contributed by atoms with Crippen molar-refractivity contribution in [3.8, 4) is 0 Å². The van der Waals surface area contributed by atoms with Crippen LogP contribution in [0.1, 0.15) is 52.4 Å². The molecule has 1 N–H and O–H groups in total. The van der Waals surface area contributed by atoms with Crippen LogP contribution in [0.2, 0.25) is 0 Å². The summed E-state index contributed by atoms with van der Waals surface area (Å²) < 4.78 is 5.87. The fourth-order valence-corrected chi connectivity index (χ4v) is 3.22. The molecular formula is C14H27NO2. The second-order valence-corrected chi connectivity index (χ2v) is 5.66. The monoisotopic (exact) mass is 241 g/mol. The lowest BCUT2D eigenvalue weighted by atomic mass is 9.88. The molecule has 3 heteroatoms. The molecule has 0 amide bonds. The maximum absolute atomic E-state index is 10.5. The standard InChI is InChI=1S/C14H27NO2/c1-3-14(16,4-2)11-15-9-10-17-13-8-6-5-7-12(13)15/h12-13,16H,3-11H2,1-2H3. The van der Waals surface area contributed by atoms with E-state index in [-0.39, 0.29) is 0 Å². The third-order valence-electron chi connectivity index (χ3n) is 4.66. The van der Waals surface area contributed by atoms with Crippen LogP contribution in [0.25, 0.3) is 0 Å². The van der Waals surface area contributed by atoms with Crippen LogP contribution in [0.4, 0.5) is 0 Å². The molecule has 0 aromatic rings. The normalized spacial score (nSPS) is 31.2. The van der Waals surface area contributed by atoms with Gasteiger partial charge in [-0.3, -0.25) is 4.90 Å². The summed E-state index contributed by atoms with van der Waals surface area (Å²) in [6.07, 6.45) is 7.19. The van der Waals surface area contributed by atoms with Crippen LogP contribution >= 0.6 is 0 Å². The van der Waals surface area contributed by atoms with Gasteiger partial charge in [-0.1, -0.05) is 26.7 Å². The zero-order valence-corrected chi connectivity index (χ0v) is 11.3. The fraction of sp³-hybridized carbons (Fsp3) is 1.00. The molecule has 17 heavy (non-hydrogen) atoms. The molecule has 2 fully saturated rings. The number of β-amino-alcohol motifs (C(OH)–C–C–N with tert-alkyl or cyclic N) is 1. The Bertz CT molecular complexity index is 238. The van der Waals surface area contributed by atoms with Crippen molar-refractivity contribution in [2.24, 2.45) is 0 Å². The third-order valence-corrected chi connectivity index (χ3v) is 4.66. The van der Waals surface area contributed by atoms with E-state index >= 15 is 0 Å². The van der Waals surface area contributed by atoms with Crippen LogP contribution in [0, 0.1) is 0 Å². The van der Waals surface area contributed by atoms with Crippen molar-refractivity contribution in [2.75, 3.05) is 19.7 Å². The molecule has 1 saturated heterocycles. The Morgan fingerprint density at radius 2 is 1.94 bits per heavy atom. The van der Waals surface area contributed by atoms with Gasteiger partial charge in [-0.2, -0.15) is 0 Å². The van der Waals surface area contributed by atoms with E-state index in [0.29, 0.717) is 12.1 Å². The Kier molecular flexibility index (Phi) is 4.45. The number of aliphatic hydroxyl groups is 1. The van der Waals surface area contributed by atoms with Gasteiger partial charge in [0.05, 0.1) is 18.3 Å². The molecule has 2 aliphatic rings. The molecule has 2 rings (SSSR count).